The Morgan fingerprint density at radius 3 is 2.62 bits per heavy atom. The highest BCUT2D eigenvalue weighted by molar-refractivity contribution is 5.62. The van der Waals surface area contributed by atoms with Crippen molar-refractivity contribution in [2.24, 2.45) is 0 Å². The van der Waals surface area contributed by atoms with Crippen LogP contribution in [0.15, 0.2) is 18.2 Å². The molecule has 1 rings (SSSR count). The van der Waals surface area contributed by atoms with Crippen LogP contribution in [0, 0.1) is 0 Å². The van der Waals surface area contributed by atoms with E-state index in [9.17, 15) is 0 Å². The van der Waals surface area contributed by atoms with Gasteiger partial charge in [-0.15, -0.1) is 0 Å². The summed E-state index contributed by atoms with van der Waals surface area (Å²) in [5, 5.41) is 0. The van der Waals surface area contributed by atoms with Crippen LogP contribution in [0.5, 0.6) is 5.75 Å². The van der Waals surface area contributed by atoms with Crippen molar-refractivity contribution < 1.29 is 4.74 Å². The van der Waals surface area contributed by atoms with Crippen molar-refractivity contribution in [3.63, 3.8) is 0 Å². The third kappa shape index (κ3) is 2.81. The van der Waals surface area contributed by atoms with Crippen molar-refractivity contribution in [1.82, 2.24) is 0 Å². The van der Waals surface area contributed by atoms with Crippen LogP contribution < -0.4 is 15.4 Å². The number of nitrogens with two attached hydrogens (primary N) is 1. The molecule has 90 valence electrons. The number of nitrogens with zero attached hydrogens (tertiary/aromatic N) is 1. The molecular formula is C13H22N2O. The van der Waals surface area contributed by atoms with Crippen molar-refractivity contribution in [3.8, 4) is 5.75 Å². The topological polar surface area (TPSA) is 38.5 Å². The average molecular weight is 222 g/mol. The Hall–Kier alpha value is -1.38. The van der Waals surface area contributed by atoms with Gasteiger partial charge in [-0.1, -0.05) is 6.92 Å². The molecule has 1 unspecified atom stereocenters. The molecule has 0 radical (unpaired) electrons. The summed E-state index contributed by atoms with van der Waals surface area (Å²) in [6.45, 7) is 6.99. The molecular weight excluding hydrogens is 200 g/mol. The van der Waals surface area contributed by atoms with Gasteiger partial charge in [0.15, 0.2) is 0 Å². The van der Waals surface area contributed by atoms with Crippen molar-refractivity contribution in [2.75, 3.05) is 24.3 Å². The first-order chi connectivity index (χ1) is 7.60. The number of hydrogen-bond acceptors (Lipinski definition) is 3. The molecule has 1 atom stereocenters. The number of ether oxygens (including phenoxy) is 1. The standard InChI is InChI=1S/C13H22N2O/c1-5-10(3)15(4)11-7-8-12(14)13(9-11)16-6-2/h7-10H,5-6,14H2,1-4H3. The van der Waals surface area contributed by atoms with Crippen molar-refractivity contribution >= 4 is 11.4 Å². The summed E-state index contributed by atoms with van der Waals surface area (Å²) < 4.78 is 5.49. The van der Waals surface area contributed by atoms with Gasteiger partial charge in [0.05, 0.1) is 12.3 Å². The zero-order chi connectivity index (χ0) is 12.1. The van der Waals surface area contributed by atoms with E-state index in [4.69, 9.17) is 10.5 Å². The molecule has 1 aromatic rings. The molecule has 0 spiro atoms. The minimum atomic E-state index is 0.512. The van der Waals surface area contributed by atoms with Crippen LogP contribution in [0.1, 0.15) is 27.2 Å². The van der Waals surface area contributed by atoms with Gasteiger partial charge < -0.3 is 15.4 Å². The van der Waals surface area contributed by atoms with Crippen molar-refractivity contribution in [1.29, 1.82) is 0 Å². The zero-order valence-corrected chi connectivity index (χ0v) is 10.7. The van der Waals surface area contributed by atoms with E-state index in [1.54, 1.807) is 0 Å². The highest BCUT2D eigenvalue weighted by Crippen LogP contribution is 2.28. The monoisotopic (exact) mass is 222 g/mol. The first-order valence-corrected chi connectivity index (χ1v) is 5.85. The molecule has 0 bridgehead atoms. The van der Waals surface area contributed by atoms with E-state index in [2.05, 4.69) is 25.8 Å². The second-order valence-electron chi connectivity index (χ2n) is 4.02. The van der Waals surface area contributed by atoms with Gasteiger partial charge in [-0.25, -0.2) is 0 Å². The smallest absolute Gasteiger partial charge is 0.144 e. The Bertz CT molecular complexity index is 339. The lowest BCUT2D eigenvalue weighted by Gasteiger charge is -2.26. The Labute approximate surface area is 98.2 Å². The Kier molecular flexibility index (Phi) is 4.47. The Morgan fingerprint density at radius 1 is 1.38 bits per heavy atom. The van der Waals surface area contributed by atoms with Crippen LogP contribution in [0.3, 0.4) is 0 Å². The third-order valence-corrected chi connectivity index (χ3v) is 2.96. The molecule has 3 heteroatoms. The average Bonchev–Trinajstić information content (AvgIpc) is 2.30. The van der Waals surface area contributed by atoms with E-state index in [0.29, 0.717) is 18.3 Å². The fourth-order valence-corrected chi connectivity index (χ4v) is 1.55. The van der Waals surface area contributed by atoms with Gasteiger partial charge in [0, 0.05) is 24.8 Å². The molecule has 1 aromatic carbocycles. The maximum Gasteiger partial charge on any atom is 0.144 e. The SMILES string of the molecule is CCOc1cc(N(C)C(C)CC)ccc1N. The molecule has 2 N–H and O–H groups in total. The Balaban J connectivity index is 2.93. The number of anilines is 2. The van der Waals surface area contributed by atoms with Gasteiger partial charge in [-0.3, -0.25) is 0 Å². The molecule has 0 fully saturated rings. The van der Waals surface area contributed by atoms with E-state index in [-0.39, 0.29) is 0 Å². The molecule has 0 aliphatic heterocycles. The van der Waals surface area contributed by atoms with Crippen molar-refractivity contribution in [3.05, 3.63) is 18.2 Å². The number of benzene rings is 1. The normalized spacial score (nSPS) is 12.2. The summed E-state index contributed by atoms with van der Waals surface area (Å²) in [6.07, 6.45) is 1.12. The first kappa shape index (κ1) is 12.7. The largest absolute Gasteiger partial charge is 0.492 e. The maximum absolute atomic E-state index is 5.84. The lowest BCUT2D eigenvalue weighted by Crippen LogP contribution is -2.27. The van der Waals surface area contributed by atoms with Gasteiger partial charge in [-0.05, 0) is 32.4 Å². The second-order valence-corrected chi connectivity index (χ2v) is 4.02. The van der Waals surface area contributed by atoms with Gasteiger partial charge in [0.1, 0.15) is 5.75 Å². The summed E-state index contributed by atoms with van der Waals surface area (Å²) >= 11 is 0. The zero-order valence-electron chi connectivity index (χ0n) is 10.7. The summed E-state index contributed by atoms with van der Waals surface area (Å²) in [6, 6.07) is 6.45. The summed E-state index contributed by atoms with van der Waals surface area (Å²) in [5.74, 6) is 0.773. The number of nitrogen functional groups attached to an aromatic ring is 1. The molecule has 0 saturated carbocycles. The number of hydrogen-bond donors (Lipinski definition) is 1. The molecule has 0 aliphatic carbocycles. The highest BCUT2D eigenvalue weighted by Gasteiger charge is 2.10. The first-order valence-electron chi connectivity index (χ1n) is 5.85. The number of rotatable bonds is 5. The van der Waals surface area contributed by atoms with Gasteiger partial charge >= 0.3 is 0 Å². The van der Waals surface area contributed by atoms with Crippen LogP contribution >= 0.6 is 0 Å². The molecule has 16 heavy (non-hydrogen) atoms. The minimum Gasteiger partial charge on any atom is -0.492 e. The summed E-state index contributed by atoms with van der Waals surface area (Å²) in [5.41, 5.74) is 7.68. The predicted octanol–water partition coefficient (Wildman–Crippen LogP) is 2.90. The molecule has 3 nitrogen and oxygen atoms in total. The van der Waals surface area contributed by atoms with Crippen molar-refractivity contribution in [2.45, 2.75) is 33.2 Å². The minimum absolute atomic E-state index is 0.512. The summed E-state index contributed by atoms with van der Waals surface area (Å²) in [7, 11) is 2.09. The van der Waals surface area contributed by atoms with Crippen LogP contribution in [-0.4, -0.2) is 19.7 Å². The van der Waals surface area contributed by atoms with Crippen LogP contribution in [0.2, 0.25) is 0 Å². The van der Waals surface area contributed by atoms with E-state index in [0.717, 1.165) is 17.9 Å². The molecule has 0 aromatic heterocycles. The fourth-order valence-electron chi connectivity index (χ4n) is 1.55. The van der Waals surface area contributed by atoms with Crippen LogP contribution in [0.25, 0.3) is 0 Å². The van der Waals surface area contributed by atoms with E-state index < -0.39 is 0 Å². The summed E-state index contributed by atoms with van der Waals surface area (Å²) in [4.78, 5) is 2.24. The quantitative estimate of drug-likeness (QED) is 0.778. The van der Waals surface area contributed by atoms with Crippen LogP contribution in [-0.2, 0) is 0 Å². The molecule has 0 heterocycles. The lowest BCUT2D eigenvalue weighted by molar-refractivity contribution is 0.342. The van der Waals surface area contributed by atoms with E-state index in [1.165, 1.54) is 0 Å². The van der Waals surface area contributed by atoms with Gasteiger partial charge in [0.2, 0.25) is 0 Å². The Morgan fingerprint density at radius 2 is 2.06 bits per heavy atom. The maximum atomic E-state index is 5.84. The molecule has 0 saturated heterocycles. The predicted molar refractivity (Wildman–Crippen MR) is 70.2 cm³/mol. The molecule has 0 amide bonds. The lowest BCUT2D eigenvalue weighted by atomic mass is 10.2. The van der Waals surface area contributed by atoms with E-state index >= 15 is 0 Å². The third-order valence-electron chi connectivity index (χ3n) is 2.96. The fraction of sp³-hybridized carbons (Fsp3) is 0.538. The highest BCUT2D eigenvalue weighted by atomic mass is 16.5. The van der Waals surface area contributed by atoms with Gasteiger partial charge in [0.25, 0.3) is 0 Å². The second kappa shape index (κ2) is 5.64. The van der Waals surface area contributed by atoms with E-state index in [1.807, 2.05) is 25.1 Å². The molecule has 0 aliphatic rings. The van der Waals surface area contributed by atoms with Crippen LogP contribution in [0.4, 0.5) is 11.4 Å². The van der Waals surface area contributed by atoms with Gasteiger partial charge in [-0.2, -0.15) is 0 Å².